The third-order valence-corrected chi connectivity index (χ3v) is 7.71. The van der Waals surface area contributed by atoms with Crippen molar-refractivity contribution in [1.29, 1.82) is 0 Å². The molecule has 2 fully saturated rings. The lowest BCUT2D eigenvalue weighted by molar-refractivity contribution is 0.0938. The first kappa shape index (κ1) is 26.3. The molecule has 2 unspecified atom stereocenters. The summed E-state index contributed by atoms with van der Waals surface area (Å²) >= 11 is 0. The van der Waals surface area contributed by atoms with Gasteiger partial charge in [0.2, 0.25) is 11.8 Å². The minimum absolute atomic E-state index is 0.136. The Morgan fingerprint density at radius 1 is 1.10 bits per heavy atom. The Kier molecular flexibility index (Phi) is 7.90. The maximum atomic E-state index is 14.5. The highest BCUT2D eigenvalue weighted by Crippen LogP contribution is 2.32. The third-order valence-electron chi connectivity index (χ3n) is 7.71. The number of amides is 1. The molecule has 40 heavy (non-hydrogen) atoms. The molecule has 2 aliphatic carbocycles. The highest BCUT2D eigenvalue weighted by Gasteiger charge is 2.29. The summed E-state index contributed by atoms with van der Waals surface area (Å²) in [6, 6.07) is 6.01. The summed E-state index contributed by atoms with van der Waals surface area (Å²) in [5.74, 6) is 0.709. The second kappa shape index (κ2) is 12.0. The van der Waals surface area contributed by atoms with Crippen LogP contribution in [0.2, 0.25) is 0 Å². The topological polar surface area (TPSA) is 88.6 Å². The van der Waals surface area contributed by atoms with Crippen molar-refractivity contribution >= 4 is 17.5 Å². The Morgan fingerprint density at radius 2 is 2.00 bits per heavy atom. The van der Waals surface area contributed by atoms with Crippen molar-refractivity contribution < 1.29 is 18.7 Å². The van der Waals surface area contributed by atoms with E-state index in [4.69, 9.17) is 9.47 Å². The molecule has 0 radical (unpaired) electrons. The van der Waals surface area contributed by atoms with Crippen LogP contribution in [0.4, 0.5) is 16.0 Å². The molecule has 1 amide bonds. The fraction of sp³-hybridized carbons (Fsp3) is 0.387. The van der Waals surface area contributed by atoms with E-state index in [0.717, 1.165) is 56.6 Å². The van der Waals surface area contributed by atoms with Gasteiger partial charge in [0.25, 0.3) is 5.91 Å². The Hall–Kier alpha value is -3.98. The van der Waals surface area contributed by atoms with E-state index in [0.29, 0.717) is 29.7 Å². The SMILES string of the molecule is O=C(NC1C=CC(Oc2ccnc(NC[C@@H]3CCCO3)n2)=C2C=CC=CC21)c1cc(F)cc(N2CCCCC2)c1. The second-order valence-electron chi connectivity index (χ2n) is 10.5. The molecule has 0 bridgehead atoms. The van der Waals surface area contributed by atoms with Gasteiger partial charge in [-0.1, -0.05) is 30.4 Å². The third kappa shape index (κ3) is 6.09. The largest absolute Gasteiger partial charge is 0.439 e. The lowest BCUT2D eigenvalue weighted by atomic mass is 9.83. The number of anilines is 2. The molecule has 2 saturated heterocycles. The van der Waals surface area contributed by atoms with Crippen molar-refractivity contribution in [3.8, 4) is 5.88 Å². The van der Waals surface area contributed by atoms with Crippen molar-refractivity contribution in [1.82, 2.24) is 15.3 Å². The number of piperidine rings is 1. The summed E-state index contributed by atoms with van der Waals surface area (Å²) in [6.07, 6.45) is 19.0. The zero-order valence-electron chi connectivity index (χ0n) is 22.4. The zero-order chi connectivity index (χ0) is 27.3. The van der Waals surface area contributed by atoms with Crippen LogP contribution in [0, 0.1) is 11.7 Å². The number of rotatable bonds is 8. The number of ether oxygens (including phenoxy) is 2. The Balaban J connectivity index is 1.14. The van der Waals surface area contributed by atoms with E-state index in [2.05, 4.69) is 25.5 Å². The number of halogens is 1. The lowest BCUT2D eigenvalue weighted by Gasteiger charge is -2.31. The number of nitrogens with one attached hydrogen (secondary N) is 2. The van der Waals surface area contributed by atoms with Crippen LogP contribution >= 0.6 is 0 Å². The summed E-state index contributed by atoms with van der Waals surface area (Å²) in [4.78, 5) is 24.2. The molecule has 2 aromatic rings. The number of carbonyl (C=O) groups excluding carboxylic acids is 1. The van der Waals surface area contributed by atoms with E-state index in [9.17, 15) is 9.18 Å². The van der Waals surface area contributed by atoms with Gasteiger partial charge in [-0.25, -0.2) is 9.37 Å². The van der Waals surface area contributed by atoms with Crippen LogP contribution in [0.5, 0.6) is 5.88 Å². The van der Waals surface area contributed by atoms with Crippen LogP contribution in [0.3, 0.4) is 0 Å². The van der Waals surface area contributed by atoms with Crippen LogP contribution < -0.4 is 20.3 Å². The van der Waals surface area contributed by atoms with Gasteiger partial charge in [-0.2, -0.15) is 4.98 Å². The van der Waals surface area contributed by atoms with Gasteiger partial charge >= 0.3 is 0 Å². The van der Waals surface area contributed by atoms with Crippen molar-refractivity contribution in [2.75, 3.05) is 36.5 Å². The summed E-state index contributed by atoms with van der Waals surface area (Å²) in [5.41, 5.74) is 2.01. The molecule has 3 heterocycles. The quantitative estimate of drug-likeness (QED) is 0.488. The predicted octanol–water partition coefficient (Wildman–Crippen LogP) is 4.94. The van der Waals surface area contributed by atoms with Gasteiger partial charge in [-0.15, -0.1) is 0 Å². The van der Waals surface area contributed by atoms with Crippen LogP contribution in [0.1, 0.15) is 42.5 Å². The molecule has 3 atom stereocenters. The molecule has 8 nitrogen and oxygen atoms in total. The van der Waals surface area contributed by atoms with Crippen LogP contribution in [0.25, 0.3) is 0 Å². The summed E-state index contributed by atoms with van der Waals surface area (Å²) in [7, 11) is 0. The molecule has 2 N–H and O–H groups in total. The molecule has 0 spiro atoms. The van der Waals surface area contributed by atoms with Crippen LogP contribution in [-0.4, -0.2) is 54.3 Å². The molecule has 2 aliphatic heterocycles. The van der Waals surface area contributed by atoms with Crippen molar-refractivity contribution in [2.24, 2.45) is 5.92 Å². The highest BCUT2D eigenvalue weighted by molar-refractivity contribution is 5.95. The van der Waals surface area contributed by atoms with Crippen molar-refractivity contribution in [3.05, 3.63) is 89.6 Å². The molecule has 6 rings (SSSR count). The van der Waals surface area contributed by atoms with Gasteiger partial charge in [0, 0.05) is 61.2 Å². The number of benzene rings is 1. The van der Waals surface area contributed by atoms with Gasteiger partial charge in [0.1, 0.15) is 11.6 Å². The first-order chi connectivity index (χ1) is 19.6. The Labute approximate surface area is 233 Å². The molecule has 4 aliphatic rings. The number of nitrogens with zero attached hydrogens (tertiary/aromatic N) is 3. The minimum Gasteiger partial charge on any atom is -0.439 e. The van der Waals surface area contributed by atoms with Crippen molar-refractivity contribution in [2.45, 2.75) is 44.2 Å². The van der Waals surface area contributed by atoms with Gasteiger partial charge in [0.05, 0.1) is 12.1 Å². The maximum absolute atomic E-state index is 14.5. The van der Waals surface area contributed by atoms with Crippen LogP contribution in [0.15, 0.2) is 78.3 Å². The van der Waals surface area contributed by atoms with E-state index < -0.39 is 5.82 Å². The Morgan fingerprint density at radius 3 is 2.85 bits per heavy atom. The fourth-order valence-electron chi connectivity index (χ4n) is 5.64. The van der Waals surface area contributed by atoms with E-state index in [1.54, 1.807) is 18.3 Å². The maximum Gasteiger partial charge on any atom is 0.251 e. The van der Waals surface area contributed by atoms with Gasteiger partial charge in [-0.05, 0) is 56.4 Å². The average Bonchev–Trinajstić information content (AvgIpc) is 3.52. The smallest absolute Gasteiger partial charge is 0.251 e. The van der Waals surface area contributed by atoms with E-state index in [1.807, 2.05) is 36.5 Å². The number of aromatic nitrogens is 2. The fourth-order valence-corrected chi connectivity index (χ4v) is 5.64. The minimum atomic E-state index is -0.404. The van der Waals surface area contributed by atoms with Gasteiger partial charge in [0.15, 0.2) is 0 Å². The summed E-state index contributed by atoms with van der Waals surface area (Å²) < 4.78 is 26.4. The molecule has 9 heteroatoms. The number of allylic oxidation sites excluding steroid dienone is 4. The van der Waals surface area contributed by atoms with Gasteiger partial charge < -0.3 is 25.0 Å². The lowest BCUT2D eigenvalue weighted by Crippen LogP contribution is -2.41. The predicted molar refractivity (Wildman–Crippen MR) is 152 cm³/mol. The molecular weight excluding hydrogens is 509 g/mol. The first-order valence-corrected chi connectivity index (χ1v) is 14.1. The highest BCUT2D eigenvalue weighted by atomic mass is 19.1. The summed E-state index contributed by atoms with van der Waals surface area (Å²) in [5, 5.41) is 6.33. The first-order valence-electron chi connectivity index (χ1n) is 14.1. The zero-order valence-corrected chi connectivity index (χ0v) is 22.4. The normalized spacial score (nSPS) is 23.7. The summed E-state index contributed by atoms with van der Waals surface area (Å²) in [6.45, 7) is 3.21. The number of carbonyl (C=O) groups is 1. The second-order valence-corrected chi connectivity index (χ2v) is 10.5. The van der Waals surface area contributed by atoms with Crippen molar-refractivity contribution in [3.63, 3.8) is 0 Å². The van der Waals surface area contributed by atoms with E-state index >= 15 is 0 Å². The number of fused-ring (bicyclic) bond motifs is 1. The van der Waals surface area contributed by atoms with E-state index in [1.165, 1.54) is 18.6 Å². The molecular formula is C31H34FN5O3. The molecule has 1 aromatic heterocycles. The number of hydrogen-bond acceptors (Lipinski definition) is 7. The molecule has 0 saturated carbocycles. The van der Waals surface area contributed by atoms with E-state index in [-0.39, 0.29) is 24.0 Å². The standard InChI is InChI=1S/C31H34FN5O3/c32-22-17-21(18-23(19-22)37-14-4-1-5-15-37)30(38)35-27-10-11-28(26-9-3-2-8-25(26)27)40-29-12-13-33-31(36-29)34-20-24-7-6-16-39-24/h2-3,8-13,17-19,24-25,27H,1,4-7,14-16,20H2,(H,35,38)(H,33,34,36)/t24-,25?,27?/m0/s1. The van der Waals surface area contributed by atoms with Crippen LogP contribution in [-0.2, 0) is 4.74 Å². The molecule has 1 aromatic carbocycles. The molecule has 208 valence electrons. The van der Waals surface area contributed by atoms with Gasteiger partial charge in [-0.3, -0.25) is 4.79 Å². The monoisotopic (exact) mass is 543 g/mol. The average molecular weight is 544 g/mol. The Bertz CT molecular complexity index is 1360. The number of hydrogen-bond donors (Lipinski definition) is 2.